The van der Waals surface area contributed by atoms with Gasteiger partial charge in [-0.1, -0.05) is 0 Å². The van der Waals surface area contributed by atoms with E-state index < -0.39 is 0 Å². The lowest BCUT2D eigenvalue weighted by atomic mass is 9.96. The van der Waals surface area contributed by atoms with Gasteiger partial charge in [0, 0.05) is 32.5 Å². The molecule has 5 heteroatoms. The van der Waals surface area contributed by atoms with Crippen LogP contribution in [-0.4, -0.2) is 49.4 Å². The summed E-state index contributed by atoms with van der Waals surface area (Å²) >= 11 is 0. The molecule has 2 aliphatic heterocycles. The van der Waals surface area contributed by atoms with Crippen LogP contribution in [0.2, 0.25) is 0 Å². The quantitative estimate of drug-likeness (QED) is 0.787. The van der Waals surface area contributed by atoms with E-state index in [2.05, 4.69) is 10.6 Å². The molecule has 0 radical (unpaired) electrons. The maximum absolute atomic E-state index is 11.9. The van der Waals surface area contributed by atoms with Crippen LogP contribution in [0.3, 0.4) is 0 Å². The normalized spacial score (nSPS) is 23.4. The maximum atomic E-state index is 11.9. The summed E-state index contributed by atoms with van der Waals surface area (Å²) in [4.78, 5) is 25.7. The molecule has 0 aromatic carbocycles. The predicted molar refractivity (Wildman–Crippen MR) is 78.3 cm³/mol. The van der Waals surface area contributed by atoms with Gasteiger partial charge in [0.25, 0.3) is 0 Å². The number of rotatable bonds is 5. The van der Waals surface area contributed by atoms with Crippen molar-refractivity contribution in [3.05, 3.63) is 0 Å². The minimum absolute atomic E-state index is 0.0881. The third-order valence-electron chi connectivity index (χ3n) is 4.24. The number of amides is 2. The Hall–Kier alpha value is -1.10. The van der Waals surface area contributed by atoms with Crippen molar-refractivity contribution in [1.29, 1.82) is 0 Å². The van der Waals surface area contributed by atoms with Crippen molar-refractivity contribution in [2.24, 2.45) is 5.92 Å². The molecule has 0 aromatic rings. The third-order valence-corrected chi connectivity index (χ3v) is 4.24. The van der Waals surface area contributed by atoms with Crippen molar-refractivity contribution in [3.63, 3.8) is 0 Å². The Kier molecular flexibility index (Phi) is 6.30. The predicted octanol–water partition coefficient (Wildman–Crippen LogP) is 0.895. The van der Waals surface area contributed by atoms with Crippen LogP contribution >= 0.6 is 0 Å². The van der Waals surface area contributed by atoms with Crippen molar-refractivity contribution in [2.75, 3.05) is 32.7 Å². The number of likely N-dealkylation sites (tertiary alicyclic amines) is 1. The van der Waals surface area contributed by atoms with E-state index in [1.165, 1.54) is 6.42 Å². The van der Waals surface area contributed by atoms with Gasteiger partial charge >= 0.3 is 0 Å². The Morgan fingerprint density at radius 3 is 2.65 bits per heavy atom. The monoisotopic (exact) mass is 281 g/mol. The van der Waals surface area contributed by atoms with Crippen LogP contribution in [0.5, 0.6) is 0 Å². The molecule has 1 atom stereocenters. The number of carbonyl (C=O) groups excluding carboxylic acids is 2. The lowest BCUT2D eigenvalue weighted by molar-refractivity contribution is -0.132. The molecule has 2 aliphatic rings. The van der Waals surface area contributed by atoms with Gasteiger partial charge in [0.1, 0.15) is 0 Å². The molecule has 0 bridgehead atoms. The summed E-state index contributed by atoms with van der Waals surface area (Å²) in [5.74, 6) is 0.732. The first kappa shape index (κ1) is 15.3. The largest absolute Gasteiger partial charge is 0.356 e. The minimum atomic E-state index is 0.0881. The molecule has 2 saturated heterocycles. The minimum Gasteiger partial charge on any atom is -0.356 e. The highest BCUT2D eigenvalue weighted by atomic mass is 16.2. The number of hydrogen-bond acceptors (Lipinski definition) is 3. The highest BCUT2D eigenvalue weighted by molar-refractivity contribution is 5.79. The van der Waals surface area contributed by atoms with Crippen LogP contribution in [0.1, 0.15) is 44.9 Å². The summed E-state index contributed by atoms with van der Waals surface area (Å²) < 4.78 is 0. The zero-order valence-electron chi connectivity index (χ0n) is 12.3. The van der Waals surface area contributed by atoms with Crippen LogP contribution in [0.15, 0.2) is 0 Å². The number of carbonyl (C=O) groups is 2. The fourth-order valence-corrected chi connectivity index (χ4v) is 3.04. The lowest BCUT2D eigenvalue weighted by Gasteiger charge is -2.26. The van der Waals surface area contributed by atoms with E-state index in [0.29, 0.717) is 25.3 Å². The van der Waals surface area contributed by atoms with Gasteiger partial charge in [-0.3, -0.25) is 9.59 Å². The average Bonchev–Trinajstić information content (AvgIpc) is 2.49. The average molecular weight is 281 g/mol. The molecule has 0 aromatic heterocycles. The smallest absolute Gasteiger partial charge is 0.224 e. The fourth-order valence-electron chi connectivity index (χ4n) is 3.04. The molecular formula is C15H27N3O2. The van der Waals surface area contributed by atoms with Crippen molar-refractivity contribution >= 4 is 11.8 Å². The van der Waals surface area contributed by atoms with Crippen molar-refractivity contribution in [2.45, 2.75) is 44.9 Å². The van der Waals surface area contributed by atoms with Crippen LogP contribution in [-0.2, 0) is 9.59 Å². The second kappa shape index (κ2) is 8.25. The standard InChI is InChI=1S/C15H27N3O2/c19-14(11-13-5-4-7-16-12-13)17-8-6-15(20)18-9-2-1-3-10-18/h13,16H,1-12H2,(H,17,19). The summed E-state index contributed by atoms with van der Waals surface area (Å²) in [7, 11) is 0. The molecule has 0 spiro atoms. The van der Waals surface area contributed by atoms with Crippen molar-refractivity contribution in [1.82, 2.24) is 15.5 Å². The van der Waals surface area contributed by atoms with Gasteiger partial charge in [-0.05, 0) is 51.1 Å². The summed E-state index contributed by atoms with van der Waals surface area (Å²) in [6.45, 7) is 4.28. The molecule has 2 amide bonds. The molecule has 20 heavy (non-hydrogen) atoms. The Morgan fingerprint density at radius 1 is 1.15 bits per heavy atom. The molecule has 1 unspecified atom stereocenters. The van der Waals surface area contributed by atoms with Gasteiger partial charge in [0.15, 0.2) is 0 Å². The molecule has 5 nitrogen and oxygen atoms in total. The first-order chi connectivity index (χ1) is 9.75. The van der Waals surface area contributed by atoms with E-state index in [4.69, 9.17) is 0 Å². The van der Waals surface area contributed by atoms with Gasteiger partial charge in [0.05, 0.1) is 0 Å². The van der Waals surface area contributed by atoms with Crippen LogP contribution in [0, 0.1) is 5.92 Å². The highest BCUT2D eigenvalue weighted by Gasteiger charge is 2.18. The number of hydrogen-bond donors (Lipinski definition) is 2. The maximum Gasteiger partial charge on any atom is 0.224 e. The van der Waals surface area contributed by atoms with Crippen molar-refractivity contribution in [3.8, 4) is 0 Å². The lowest BCUT2D eigenvalue weighted by Crippen LogP contribution is -2.38. The summed E-state index contributed by atoms with van der Waals surface area (Å²) in [6.07, 6.45) is 6.79. The molecule has 2 fully saturated rings. The molecule has 0 aliphatic carbocycles. The topological polar surface area (TPSA) is 61.4 Å². The van der Waals surface area contributed by atoms with E-state index in [1.807, 2.05) is 4.90 Å². The highest BCUT2D eigenvalue weighted by Crippen LogP contribution is 2.13. The second-order valence-electron chi connectivity index (χ2n) is 5.96. The molecule has 2 N–H and O–H groups in total. The van der Waals surface area contributed by atoms with Crippen LogP contribution in [0.4, 0.5) is 0 Å². The Bertz CT molecular complexity index is 321. The third kappa shape index (κ3) is 5.12. The molecular weight excluding hydrogens is 254 g/mol. The summed E-state index contributed by atoms with van der Waals surface area (Å²) in [6, 6.07) is 0. The SMILES string of the molecule is O=C(CC1CCCNC1)NCCC(=O)N1CCCCC1. The first-order valence-corrected chi connectivity index (χ1v) is 8.01. The van der Waals surface area contributed by atoms with Crippen LogP contribution < -0.4 is 10.6 Å². The van der Waals surface area contributed by atoms with Gasteiger partial charge < -0.3 is 15.5 Å². The van der Waals surface area contributed by atoms with Gasteiger partial charge in [-0.25, -0.2) is 0 Å². The summed E-state index contributed by atoms with van der Waals surface area (Å²) in [5, 5.41) is 6.20. The number of piperidine rings is 2. The zero-order chi connectivity index (χ0) is 14.2. The van der Waals surface area contributed by atoms with E-state index in [-0.39, 0.29) is 11.8 Å². The Balaban J connectivity index is 1.57. The fraction of sp³-hybridized carbons (Fsp3) is 0.867. The van der Waals surface area contributed by atoms with E-state index in [9.17, 15) is 9.59 Å². The Labute approximate surface area is 121 Å². The first-order valence-electron chi connectivity index (χ1n) is 8.01. The molecule has 2 rings (SSSR count). The Morgan fingerprint density at radius 2 is 1.95 bits per heavy atom. The van der Waals surface area contributed by atoms with Crippen molar-refractivity contribution < 1.29 is 9.59 Å². The van der Waals surface area contributed by atoms with E-state index >= 15 is 0 Å². The molecule has 2 heterocycles. The second-order valence-corrected chi connectivity index (χ2v) is 5.96. The zero-order valence-corrected chi connectivity index (χ0v) is 12.3. The van der Waals surface area contributed by atoms with Gasteiger partial charge in [-0.15, -0.1) is 0 Å². The molecule has 0 saturated carbocycles. The number of nitrogens with one attached hydrogen (secondary N) is 2. The van der Waals surface area contributed by atoms with Crippen LogP contribution in [0.25, 0.3) is 0 Å². The molecule has 114 valence electrons. The van der Waals surface area contributed by atoms with Gasteiger partial charge in [0.2, 0.25) is 11.8 Å². The van der Waals surface area contributed by atoms with E-state index in [0.717, 1.165) is 51.9 Å². The number of nitrogens with zero attached hydrogens (tertiary/aromatic N) is 1. The van der Waals surface area contributed by atoms with Gasteiger partial charge in [-0.2, -0.15) is 0 Å². The van der Waals surface area contributed by atoms with E-state index in [1.54, 1.807) is 0 Å². The summed E-state index contributed by atoms with van der Waals surface area (Å²) in [5.41, 5.74) is 0.